The van der Waals surface area contributed by atoms with Crippen molar-refractivity contribution in [3.05, 3.63) is 35.1 Å². The zero-order chi connectivity index (χ0) is 13.1. The lowest BCUT2D eigenvalue weighted by Crippen LogP contribution is -2.24. The second-order valence-electron chi connectivity index (χ2n) is 4.32. The Labute approximate surface area is 109 Å². The van der Waals surface area contributed by atoms with Gasteiger partial charge >= 0.3 is 0 Å². The van der Waals surface area contributed by atoms with Crippen LogP contribution in [0.4, 0.5) is 13.2 Å². The third kappa shape index (κ3) is 3.40. The summed E-state index contributed by atoms with van der Waals surface area (Å²) in [6.07, 6.45) is 0.943. The minimum absolute atomic E-state index is 0.0167. The molecule has 0 bridgehead atoms. The molecule has 0 saturated carbocycles. The highest BCUT2D eigenvalue weighted by molar-refractivity contribution is 7.81. The Morgan fingerprint density at radius 1 is 1.22 bits per heavy atom. The molecular formula is C12H13F3NOS. The van der Waals surface area contributed by atoms with Gasteiger partial charge in [-0.2, -0.15) is 0 Å². The zero-order valence-corrected chi connectivity index (χ0v) is 10.5. The maximum Gasteiger partial charge on any atom is 0.161 e. The van der Waals surface area contributed by atoms with E-state index in [2.05, 4.69) is 0 Å². The Kier molecular flexibility index (Phi) is 4.53. The highest BCUT2D eigenvalue weighted by Crippen LogP contribution is 2.16. The number of likely N-dealkylation sites (tertiary alicyclic amines) is 1. The Bertz CT molecular complexity index is 430. The quantitative estimate of drug-likeness (QED) is 0.784. The molecule has 2 nitrogen and oxygen atoms in total. The smallest absolute Gasteiger partial charge is 0.161 e. The molecule has 1 aromatic carbocycles. The van der Waals surface area contributed by atoms with Crippen molar-refractivity contribution in [2.24, 2.45) is 0 Å². The largest absolute Gasteiger partial charge is 0.361 e. The normalized spacial score (nSPS) is 20.6. The summed E-state index contributed by atoms with van der Waals surface area (Å²) in [7, 11) is 0. The van der Waals surface area contributed by atoms with Crippen LogP contribution in [0.15, 0.2) is 12.1 Å². The standard InChI is InChI=1S/C12H13F3NOS/c13-10-4-12(15)11(14)3-8(10)6-17-7-16-2-1-9(18)5-16/h3-4,9H,1-2,5-7H2. The topological polar surface area (TPSA) is 12.5 Å². The molecule has 0 amide bonds. The van der Waals surface area contributed by atoms with Gasteiger partial charge in [0.1, 0.15) is 5.82 Å². The van der Waals surface area contributed by atoms with Crippen LogP contribution in [-0.4, -0.2) is 30.0 Å². The first-order chi connectivity index (χ1) is 8.56. The summed E-state index contributed by atoms with van der Waals surface area (Å²) < 4.78 is 44.2. The van der Waals surface area contributed by atoms with E-state index in [1.54, 1.807) is 0 Å². The van der Waals surface area contributed by atoms with E-state index < -0.39 is 17.5 Å². The second kappa shape index (κ2) is 5.95. The van der Waals surface area contributed by atoms with E-state index in [-0.39, 0.29) is 17.4 Å². The average molecular weight is 276 g/mol. The van der Waals surface area contributed by atoms with Crippen molar-refractivity contribution >= 4 is 12.6 Å². The number of halogens is 3. The van der Waals surface area contributed by atoms with E-state index in [4.69, 9.17) is 17.4 Å². The summed E-state index contributed by atoms with van der Waals surface area (Å²) in [6.45, 7) is 1.87. The molecule has 1 heterocycles. The van der Waals surface area contributed by atoms with Crippen molar-refractivity contribution in [1.29, 1.82) is 0 Å². The molecule has 1 radical (unpaired) electrons. The second-order valence-corrected chi connectivity index (χ2v) is 4.99. The summed E-state index contributed by atoms with van der Waals surface area (Å²) in [5.74, 6) is -3.05. The van der Waals surface area contributed by atoms with Crippen LogP contribution >= 0.6 is 12.6 Å². The van der Waals surface area contributed by atoms with E-state index in [1.165, 1.54) is 0 Å². The fraction of sp³-hybridized carbons (Fsp3) is 0.500. The fourth-order valence-electron chi connectivity index (χ4n) is 1.87. The van der Waals surface area contributed by atoms with Crippen LogP contribution in [0.1, 0.15) is 12.0 Å². The van der Waals surface area contributed by atoms with Gasteiger partial charge in [-0.05, 0) is 12.5 Å². The molecule has 1 aromatic rings. The van der Waals surface area contributed by atoms with Crippen molar-refractivity contribution in [3.63, 3.8) is 0 Å². The average Bonchev–Trinajstić information content (AvgIpc) is 2.71. The van der Waals surface area contributed by atoms with Gasteiger partial charge in [0.2, 0.25) is 0 Å². The monoisotopic (exact) mass is 276 g/mol. The lowest BCUT2D eigenvalue weighted by molar-refractivity contribution is 0.0300. The summed E-state index contributed by atoms with van der Waals surface area (Å²) in [5.41, 5.74) is 0.0167. The van der Waals surface area contributed by atoms with Crippen molar-refractivity contribution < 1.29 is 17.9 Å². The number of benzene rings is 1. The molecule has 99 valence electrons. The summed E-state index contributed by atoms with van der Waals surface area (Å²) >= 11 is 5.13. The van der Waals surface area contributed by atoms with Gasteiger partial charge in [0, 0.05) is 30.0 Å². The molecule has 0 N–H and O–H groups in total. The minimum atomic E-state index is -1.19. The van der Waals surface area contributed by atoms with Crippen LogP contribution < -0.4 is 0 Å². The maximum atomic E-state index is 13.3. The van der Waals surface area contributed by atoms with Crippen LogP contribution in [0.25, 0.3) is 0 Å². The predicted molar refractivity (Wildman–Crippen MR) is 63.5 cm³/mol. The molecule has 0 aromatic heterocycles. The van der Waals surface area contributed by atoms with Crippen LogP contribution in [-0.2, 0) is 11.3 Å². The van der Waals surface area contributed by atoms with Crippen LogP contribution in [0.2, 0.25) is 0 Å². The van der Waals surface area contributed by atoms with Crippen LogP contribution in [0, 0.1) is 17.5 Å². The predicted octanol–water partition coefficient (Wildman–Crippen LogP) is 2.85. The Balaban J connectivity index is 1.85. The first kappa shape index (κ1) is 13.7. The summed E-state index contributed by atoms with van der Waals surface area (Å²) in [6, 6.07) is 1.35. The van der Waals surface area contributed by atoms with Gasteiger partial charge in [-0.25, -0.2) is 13.2 Å². The first-order valence-electron chi connectivity index (χ1n) is 5.65. The SMILES string of the molecule is Fc1cc(F)c(COCN2CCC([S])C2)cc1F. The number of ether oxygens (including phenoxy) is 1. The molecule has 1 unspecified atom stereocenters. The number of nitrogens with zero attached hydrogens (tertiary/aromatic N) is 1. The van der Waals surface area contributed by atoms with Crippen molar-refractivity contribution in [1.82, 2.24) is 4.90 Å². The fourth-order valence-corrected chi connectivity index (χ4v) is 2.19. The Hall–Kier alpha value is -0.720. The molecule has 1 aliphatic heterocycles. The van der Waals surface area contributed by atoms with E-state index in [0.717, 1.165) is 25.6 Å². The molecule has 18 heavy (non-hydrogen) atoms. The molecule has 0 aliphatic carbocycles. The molecule has 1 atom stereocenters. The van der Waals surface area contributed by atoms with Crippen LogP contribution in [0.3, 0.4) is 0 Å². The van der Waals surface area contributed by atoms with E-state index in [9.17, 15) is 13.2 Å². The number of rotatable bonds is 4. The third-order valence-electron chi connectivity index (χ3n) is 2.85. The molecule has 1 aliphatic rings. The first-order valence-corrected chi connectivity index (χ1v) is 6.12. The van der Waals surface area contributed by atoms with Gasteiger partial charge in [0.05, 0.1) is 13.3 Å². The highest BCUT2D eigenvalue weighted by atomic mass is 32.1. The molecule has 0 spiro atoms. The minimum Gasteiger partial charge on any atom is -0.361 e. The Morgan fingerprint density at radius 2 is 1.94 bits per heavy atom. The lowest BCUT2D eigenvalue weighted by Gasteiger charge is -2.15. The molecule has 1 fully saturated rings. The van der Waals surface area contributed by atoms with Gasteiger partial charge in [-0.15, -0.1) is 0 Å². The summed E-state index contributed by atoms with van der Waals surface area (Å²) in [5, 5.41) is 0.230. The Morgan fingerprint density at radius 3 is 2.61 bits per heavy atom. The van der Waals surface area contributed by atoms with Crippen molar-refractivity contribution in [2.75, 3.05) is 19.8 Å². The van der Waals surface area contributed by atoms with Gasteiger partial charge in [-0.1, -0.05) is 12.6 Å². The third-order valence-corrected chi connectivity index (χ3v) is 3.23. The number of hydrogen-bond donors (Lipinski definition) is 0. The molecular weight excluding hydrogens is 263 g/mol. The summed E-state index contributed by atoms with van der Waals surface area (Å²) in [4.78, 5) is 2.01. The van der Waals surface area contributed by atoms with Crippen molar-refractivity contribution in [2.45, 2.75) is 18.3 Å². The lowest BCUT2D eigenvalue weighted by atomic mass is 10.2. The molecule has 1 saturated heterocycles. The molecule has 6 heteroatoms. The zero-order valence-electron chi connectivity index (χ0n) is 9.67. The van der Waals surface area contributed by atoms with E-state index in [1.807, 2.05) is 4.90 Å². The number of hydrogen-bond acceptors (Lipinski definition) is 2. The van der Waals surface area contributed by atoms with E-state index in [0.29, 0.717) is 12.8 Å². The molecule has 2 rings (SSSR count). The van der Waals surface area contributed by atoms with Gasteiger partial charge < -0.3 is 4.74 Å². The van der Waals surface area contributed by atoms with E-state index >= 15 is 0 Å². The van der Waals surface area contributed by atoms with Gasteiger partial charge in [-0.3, -0.25) is 4.90 Å². The van der Waals surface area contributed by atoms with Gasteiger partial charge in [0.15, 0.2) is 11.6 Å². The van der Waals surface area contributed by atoms with Crippen LogP contribution in [0.5, 0.6) is 0 Å². The van der Waals surface area contributed by atoms with Gasteiger partial charge in [0.25, 0.3) is 0 Å². The van der Waals surface area contributed by atoms with Crippen molar-refractivity contribution in [3.8, 4) is 0 Å². The highest BCUT2D eigenvalue weighted by Gasteiger charge is 2.19. The maximum absolute atomic E-state index is 13.3.